The van der Waals surface area contributed by atoms with Crippen molar-refractivity contribution in [3.8, 4) is 11.3 Å². The van der Waals surface area contributed by atoms with Gasteiger partial charge in [-0.05, 0) is 26.7 Å². The second-order valence-electron chi connectivity index (χ2n) is 6.61. The van der Waals surface area contributed by atoms with E-state index in [-0.39, 0.29) is 11.9 Å². The number of carbonyl (C=O) groups excluding carboxylic acids is 1. The predicted octanol–water partition coefficient (Wildman–Crippen LogP) is 2.46. The fourth-order valence-electron chi connectivity index (χ4n) is 3.50. The molecule has 3 aromatic rings. The number of aromatic nitrogens is 5. The molecule has 26 heavy (non-hydrogen) atoms. The highest BCUT2D eigenvalue weighted by Crippen LogP contribution is 2.33. The quantitative estimate of drug-likeness (QED) is 0.719. The molecule has 1 aliphatic heterocycles. The molecule has 1 amide bonds. The summed E-state index contributed by atoms with van der Waals surface area (Å²) in [6, 6.07) is -0.0996. The first kappa shape index (κ1) is 16.4. The molecule has 0 spiro atoms. The van der Waals surface area contributed by atoms with Crippen molar-refractivity contribution in [2.75, 3.05) is 6.54 Å². The van der Waals surface area contributed by atoms with Crippen LogP contribution in [0.25, 0.3) is 11.3 Å². The highest BCUT2D eigenvalue weighted by molar-refractivity contribution is 5.92. The van der Waals surface area contributed by atoms with E-state index in [0.29, 0.717) is 18.0 Å². The SMILES string of the molecule is Cc1noc(C)c1-c1cncc([C@@H]2CCCN2C(=O)c2cn(C)cn2)n1. The summed E-state index contributed by atoms with van der Waals surface area (Å²) >= 11 is 0. The van der Waals surface area contributed by atoms with Gasteiger partial charge < -0.3 is 14.0 Å². The Labute approximate surface area is 150 Å². The molecule has 4 rings (SSSR count). The standard InChI is InChI=1S/C18H20N6O2/c1-11-17(12(2)26-22-11)14-8-19-7-13(21-14)16-5-4-6-24(16)18(25)15-9-23(3)10-20-15/h7-10,16H,4-6H2,1-3H3/t16-/m0/s1. The predicted molar refractivity (Wildman–Crippen MR) is 93.2 cm³/mol. The summed E-state index contributed by atoms with van der Waals surface area (Å²) in [5.41, 5.74) is 3.59. The van der Waals surface area contributed by atoms with Crippen LogP contribution in [0.15, 0.2) is 29.4 Å². The van der Waals surface area contributed by atoms with Gasteiger partial charge in [0.2, 0.25) is 0 Å². The van der Waals surface area contributed by atoms with Crippen molar-refractivity contribution in [1.29, 1.82) is 0 Å². The minimum atomic E-state index is -0.0996. The van der Waals surface area contributed by atoms with Gasteiger partial charge in [0, 0.05) is 19.8 Å². The molecule has 8 nitrogen and oxygen atoms in total. The second-order valence-corrected chi connectivity index (χ2v) is 6.61. The van der Waals surface area contributed by atoms with Crippen LogP contribution in [0.5, 0.6) is 0 Å². The third kappa shape index (κ3) is 2.77. The van der Waals surface area contributed by atoms with Gasteiger partial charge in [0.15, 0.2) is 0 Å². The lowest BCUT2D eigenvalue weighted by Gasteiger charge is -2.23. The molecule has 3 aromatic heterocycles. The van der Waals surface area contributed by atoms with Crippen molar-refractivity contribution in [3.05, 3.63) is 47.8 Å². The summed E-state index contributed by atoms with van der Waals surface area (Å²) in [5, 5.41) is 3.99. The monoisotopic (exact) mass is 352 g/mol. The number of nitrogens with zero attached hydrogens (tertiary/aromatic N) is 6. The van der Waals surface area contributed by atoms with E-state index in [4.69, 9.17) is 9.51 Å². The lowest BCUT2D eigenvalue weighted by atomic mass is 10.1. The van der Waals surface area contributed by atoms with Gasteiger partial charge in [0.1, 0.15) is 11.5 Å². The van der Waals surface area contributed by atoms with Crippen LogP contribution in [0.4, 0.5) is 0 Å². The van der Waals surface area contributed by atoms with E-state index in [1.807, 2.05) is 25.8 Å². The van der Waals surface area contributed by atoms with Crippen LogP contribution in [0, 0.1) is 13.8 Å². The molecule has 0 saturated carbocycles. The minimum absolute atomic E-state index is 0.0716. The lowest BCUT2D eigenvalue weighted by Crippen LogP contribution is -2.31. The Morgan fingerprint density at radius 1 is 1.31 bits per heavy atom. The molecular weight excluding hydrogens is 332 g/mol. The molecule has 0 aliphatic carbocycles. The highest BCUT2D eigenvalue weighted by Gasteiger charge is 2.33. The fourth-order valence-corrected chi connectivity index (χ4v) is 3.50. The van der Waals surface area contributed by atoms with Crippen molar-refractivity contribution in [1.82, 2.24) is 29.6 Å². The molecule has 0 unspecified atom stereocenters. The van der Waals surface area contributed by atoms with Crippen LogP contribution in [0.1, 0.15) is 46.5 Å². The minimum Gasteiger partial charge on any atom is -0.361 e. The smallest absolute Gasteiger partial charge is 0.274 e. The van der Waals surface area contributed by atoms with Crippen LogP contribution in [0.2, 0.25) is 0 Å². The summed E-state index contributed by atoms with van der Waals surface area (Å²) in [5.74, 6) is 0.638. The van der Waals surface area contributed by atoms with E-state index < -0.39 is 0 Å². The van der Waals surface area contributed by atoms with E-state index >= 15 is 0 Å². The van der Waals surface area contributed by atoms with E-state index in [2.05, 4.69) is 15.1 Å². The third-order valence-electron chi connectivity index (χ3n) is 4.72. The Bertz CT molecular complexity index is 941. The average molecular weight is 352 g/mol. The van der Waals surface area contributed by atoms with E-state index in [9.17, 15) is 4.79 Å². The van der Waals surface area contributed by atoms with Gasteiger partial charge in [0.05, 0.1) is 47.4 Å². The van der Waals surface area contributed by atoms with Gasteiger partial charge in [-0.1, -0.05) is 5.16 Å². The molecule has 0 bridgehead atoms. The first-order chi connectivity index (χ1) is 12.5. The van der Waals surface area contributed by atoms with Gasteiger partial charge in [-0.25, -0.2) is 9.97 Å². The molecular formula is C18H20N6O2. The van der Waals surface area contributed by atoms with Gasteiger partial charge in [-0.3, -0.25) is 9.78 Å². The number of carbonyl (C=O) groups is 1. The maximum absolute atomic E-state index is 12.8. The van der Waals surface area contributed by atoms with Crippen LogP contribution in [0.3, 0.4) is 0 Å². The number of amides is 1. The number of hydrogen-bond acceptors (Lipinski definition) is 6. The van der Waals surface area contributed by atoms with Crippen LogP contribution < -0.4 is 0 Å². The van der Waals surface area contributed by atoms with Gasteiger partial charge in [-0.2, -0.15) is 0 Å². The molecule has 1 atom stereocenters. The summed E-state index contributed by atoms with van der Waals surface area (Å²) < 4.78 is 7.02. The van der Waals surface area contributed by atoms with Crippen LogP contribution in [-0.4, -0.2) is 42.0 Å². The molecule has 1 aliphatic rings. The first-order valence-electron chi connectivity index (χ1n) is 8.58. The van der Waals surface area contributed by atoms with Gasteiger partial charge in [-0.15, -0.1) is 0 Å². The Balaban J connectivity index is 1.66. The Kier molecular flexibility index (Phi) is 4.02. The molecule has 1 fully saturated rings. The van der Waals surface area contributed by atoms with Crippen LogP contribution in [-0.2, 0) is 7.05 Å². The zero-order valence-corrected chi connectivity index (χ0v) is 15.0. The first-order valence-corrected chi connectivity index (χ1v) is 8.58. The normalized spacial score (nSPS) is 17.0. The molecule has 8 heteroatoms. The number of rotatable bonds is 3. The van der Waals surface area contributed by atoms with Crippen molar-refractivity contribution in [2.45, 2.75) is 32.7 Å². The lowest BCUT2D eigenvalue weighted by molar-refractivity contribution is 0.0727. The largest absolute Gasteiger partial charge is 0.361 e. The van der Waals surface area contributed by atoms with Crippen molar-refractivity contribution in [2.24, 2.45) is 7.05 Å². The molecule has 4 heterocycles. The number of imidazole rings is 1. The third-order valence-corrected chi connectivity index (χ3v) is 4.72. The second kappa shape index (κ2) is 6.36. The number of likely N-dealkylation sites (tertiary alicyclic amines) is 1. The van der Waals surface area contributed by atoms with Gasteiger partial charge in [0.25, 0.3) is 5.91 Å². The summed E-state index contributed by atoms with van der Waals surface area (Å²) in [4.78, 5) is 28.0. The highest BCUT2D eigenvalue weighted by atomic mass is 16.5. The Morgan fingerprint density at radius 3 is 2.85 bits per heavy atom. The molecule has 0 aromatic carbocycles. The summed E-state index contributed by atoms with van der Waals surface area (Å²) in [6.45, 7) is 4.43. The fraction of sp³-hybridized carbons (Fsp3) is 0.389. The zero-order chi connectivity index (χ0) is 18.3. The molecule has 134 valence electrons. The van der Waals surface area contributed by atoms with Gasteiger partial charge >= 0.3 is 0 Å². The molecule has 1 saturated heterocycles. The topological polar surface area (TPSA) is 89.9 Å². The molecule has 0 radical (unpaired) electrons. The van der Waals surface area contributed by atoms with E-state index in [1.165, 1.54) is 0 Å². The van der Waals surface area contributed by atoms with E-state index in [0.717, 1.165) is 35.5 Å². The van der Waals surface area contributed by atoms with Crippen molar-refractivity contribution < 1.29 is 9.32 Å². The van der Waals surface area contributed by atoms with Crippen molar-refractivity contribution in [3.63, 3.8) is 0 Å². The Hall–Kier alpha value is -3.03. The number of aryl methyl sites for hydroxylation is 3. The van der Waals surface area contributed by atoms with Crippen molar-refractivity contribution >= 4 is 5.91 Å². The maximum atomic E-state index is 12.8. The van der Waals surface area contributed by atoms with E-state index in [1.54, 1.807) is 29.5 Å². The van der Waals surface area contributed by atoms with Crippen LogP contribution >= 0.6 is 0 Å². The summed E-state index contributed by atoms with van der Waals surface area (Å²) in [6.07, 6.45) is 8.60. The number of hydrogen-bond donors (Lipinski definition) is 0. The Morgan fingerprint density at radius 2 is 2.15 bits per heavy atom. The summed E-state index contributed by atoms with van der Waals surface area (Å²) in [7, 11) is 1.85. The zero-order valence-electron chi connectivity index (χ0n) is 15.0. The molecule has 0 N–H and O–H groups in total. The average Bonchev–Trinajstić information content (AvgIpc) is 3.35. The maximum Gasteiger partial charge on any atom is 0.274 e.